The van der Waals surface area contributed by atoms with Gasteiger partial charge in [0.2, 0.25) is 9.84 Å². The number of nitrogens with two attached hydrogens (primary N) is 1. The maximum absolute atomic E-state index is 13.4. The molecule has 33 heavy (non-hydrogen) atoms. The highest BCUT2D eigenvalue weighted by atomic mass is 32.2. The molecule has 2 unspecified atom stereocenters. The number of sulfone groups is 1. The van der Waals surface area contributed by atoms with E-state index in [0.29, 0.717) is 30.5 Å². The fourth-order valence-electron chi connectivity index (χ4n) is 4.09. The maximum Gasteiger partial charge on any atom is 0.573 e. The summed E-state index contributed by atoms with van der Waals surface area (Å²) in [6.07, 6.45) is -3.43. The number of ether oxygens (including phenoxy) is 1. The Kier molecular flexibility index (Phi) is 6.35. The third-order valence-corrected chi connectivity index (χ3v) is 7.53. The number of nitrogens with zero attached hydrogens (tertiary/aromatic N) is 1. The molecule has 1 aliphatic rings. The first kappa shape index (κ1) is 23.5. The average molecular weight is 480 g/mol. The number of hydrogen-bond acceptors (Lipinski definition) is 6. The second-order valence-electron chi connectivity index (χ2n) is 8.04. The first-order valence-electron chi connectivity index (χ1n) is 10.6. The van der Waals surface area contributed by atoms with Crippen LogP contribution in [0.25, 0.3) is 10.9 Å². The number of hydrogen-bond donors (Lipinski definition) is 2. The second kappa shape index (κ2) is 8.92. The van der Waals surface area contributed by atoms with Crippen LogP contribution in [-0.2, 0) is 16.3 Å². The van der Waals surface area contributed by atoms with Gasteiger partial charge in [-0.05, 0) is 66.9 Å². The Labute approximate surface area is 189 Å². The van der Waals surface area contributed by atoms with Crippen LogP contribution in [0, 0.1) is 0 Å². The van der Waals surface area contributed by atoms with Crippen LogP contribution in [0.3, 0.4) is 0 Å². The van der Waals surface area contributed by atoms with E-state index in [1.54, 1.807) is 12.1 Å². The molecular formula is C23H24F3N3O3S. The molecular weight excluding hydrogens is 455 g/mol. The lowest BCUT2D eigenvalue weighted by molar-refractivity contribution is -0.274. The van der Waals surface area contributed by atoms with Gasteiger partial charge in [0.25, 0.3) is 0 Å². The van der Waals surface area contributed by atoms with Crippen molar-refractivity contribution in [1.82, 2.24) is 10.3 Å². The van der Waals surface area contributed by atoms with Gasteiger partial charge < -0.3 is 15.8 Å². The Morgan fingerprint density at radius 2 is 1.88 bits per heavy atom. The van der Waals surface area contributed by atoms with E-state index in [1.165, 1.54) is 30.3 Å². The number of halogens is 3. The van der Waals surface area contributed by atoms with Crippen LogP contribution in [0.15, 0.2) is 58.5 Å². The minimum atomic E-state index is -4.85. The Hall–Kier alpha value is -2.69. The molecule has 2 heterocycles. The van der Waals surface area contributed by atoms with E-state index in [4.69, 9.17) is 5.73 Å². The molecule has 3 N–H and O–H groups in total. The normalized spacial score (nSPS) is 19.5. The summed E-state index contributed by atoms with van der Waals surface area (Å²) >= 11 is 0. The molecule has 0 aliphatic carbocycles. The molecule has 4 rings (SSSR count). The summed E-state index contributed by atoms with van der Waals surface area (Å²) in [6.45, 7) is 3.15. The van der Waals surface area contributed by atoms with E-state index in [9.17, 15) is 21.6 Å². The van der Waals surface area contributed by atoms with Gasteiger partial charge in [0.15, 0.2) is 5.03 Å². The van der Waals surface area contributed by atoms with Crippen LogP contribution in [0.2, 0.25) is 0 Å². The predicted molar refractivity (Wildman–Crippen MR) is 118 cm³/mol. The molecule has 6 nitrogen and oxygen atoms in total. The van der Waals surface area contributed by atoms with Gasteiger partial charge in [-0.25, -0.2) is 13.4 Å². The Bertz CT molecular complexity index is 1260. The predicted octanol–water partition coefficient (Wildman–Crippen LogP) is 3.93. The van der Waals surface area contributed by atoms with Crippen LogP contribution in [-0.4, -0.2) is 38.9 Å². The molecule has 1 saturated heterocycles. The van der Waals surface area contributed by atoms with Gasteiger partial charge in [-0.3, -0.25) is 0 Å². The zero-order valence-corrected chi connectivity index (χ0v) is 18.7. The van der Waals surface area contributed by atoms with Crippen molar-refractivity contribution in [2.45, 2.75) is 48.0 Å². The highest BCUT2D eigenvalue weighted by molar-refractivity contribution is 7.91. The molecule has 0 spiro atoms. The number of fused-ring (bicyclic) bond motifs is 1. The fourth-order valence-corrected chi connectivity index (χ4v) is 5.33. The number of benzene rings is 2. The molecule has 1 fully saturated rings. The van der Waals surface area contributed by atoms with Crippen molar-refractivity contribution in [2.75, 3.05) is 13.1 Å². The number of nitrogens with one attached hydrogen (secondary N) is 1. The minimum Gasteiger partial charge on any atom is -0.406 e. The molecule has 10 heteroatoms. The molecule has 0 amide bonds. The van der Waals surface area contributed by atoms with Gasteiger partial charge in [0.1, 0.15) is 5.75 Å². The van der Waals surface area contributed by atoms with Gasteiger partial charge in [0, 0.05) is 23.9 Å². The van der Waals surface area contributed by atoms with Crippen molar-refractivity contribution in [3.8, 4) is 5.75 Å². The Balaban J connectivity index is 1.88. The van der Waals surface area contributed by atoms with E-state index in [2.05, 4.69) is 15.0 Å². The van der Waals surface area contributed by atoms with Crippen molar-refractivity contribution >= 4 is 20.7 Å². The van der Waals surface area contributed by atoms with Gasteiger partial charge >= 0.3 is 6.36 Å². The van der Waals surface area contributed by atoms with Crippen LogP contribution in [0.5, 0.6) is 5.75 Å². The van der Waals surface area contributed by atoms with Crippen LogP contribution >= 0.6 is 0 Å². The van der Waals surface area contributed by atoms with Gasteiger partial charge in [0.05, 0.1) is 10.4 Å². The van der Waals surface area contributed by atoms with E-state index >= 15 is 0 Å². The van der Waals surface area contributed by atoms with Gasteiger partial charge in [-0.1, -0.05) is 19.1 Å². The molecule has 0 radical (unpaired) electrons. The van der Waals surface area contributed by atoms with E-state index in [1.807, 2.05) is 6.92 Å². The summed E-state index contributed by atoms with van der Waals surface area (Å²) in [4.78, 5) is 4.40. The zero-order valence-electron chi connectivity index (χ0n) is 17.9. The Morgan fingerprint density at radius 1 is 1.15 bits per heavy atom. The van der Waals surface area contributed by atoms with Crippen molar-refractivity contribution in [2.24, 2.45) is 5.73 Å². The van der Waals surface area contributed by atoms with Crippen LogP contribution in [0.4, 0.5) is 13.2 Å². The lowest BCUT2D eigenvalue weighted by Gasteiger charge is -2.30. The molecule has 0 saturated carbocycles. The van der Waals surface area contributed by atoms with Gasteiger partial charge in [-0.15, -0.1) is 13.2 Å². The van der Waals surface area contributed by atoms with E-state index < -0.39 is 21.9 Å². The minimum absolute atomic E-state index is 0.0978. The molecule has 3 aromatic rings. The molecule has 176 valence electrons. The average Bonchev–Trinajstić information content (AvgIpc) is 2.78. The number of alkyl halides is 3. The lowest BCUT2D eigenvalue weighted by Crippen LogP contribution is -2.43. The van der Waals surface area contributed by atoms with Crippen LogP contribution in [0.1, 0.15) is 30.4 Å². The maximum atomic E-state index is 13.4. The number of piperidine rings is 1. The highest BCUT2D eigenvalue weighted by Crippen LogP contribution is 2.35. The number of pyridine rings is 1. The fraction of sp³-hybridized carbons (Fsp3) is 0.348. The first-order valence-corrected chi connectivity index (χ1v) is 12.1. The monoisotopic (exact) mass is 479 g/mol. The lowest BCUT2D eigenvalue weighted by atomic mass is 9.86. The van der Waals surface area contributed by atoms with Crippen LogP contribution < -0.4 is 15.8 Å². The topological polar surface area (TPSA) is 94.3 Å². The largest absolute Gasteiger partial charge is 0.573 e. The molecule has 1 aliphatic heterocycles. The molecule has 0 bridgehead atoms. The molecule has 2 atom stereocenters. The summed E-state index contributed by atoms with van der Waals surface area (Å²) in [5, 5.41) is 3.43. The van der Waals surface area contributed by atoms with Crippen molar-refractivity contribution in [3.63, 3.8) is 0 Å². The summed E-state index contributed by atoms with van der Waals surface area (Å²) in [7, 11) is -3.96. The standard InChI is InChI=1S/C23H24F3N3O3S/c1-2-14-3-6-16(7-4-14)33(30,31)22-12-17(19-13-28-10-9-20(19)27)18-11-15(32-23(24,25)26)5-8-21(18)29-22/h3-8,11-12,19-20,28H,2,9-10,13,27H2,1H3. The molecule has 1 aromatic heterocycles. The zero-order chi connectivity index (χ0) is 23.8. The number of rotatable bonds is 5. The van der Waals surface area contributed by atoms with E-state index in [-0.39, 0.29) is 27.4 Å². The number of aryl methyl sites for hydroxylation is 1. The smallest absolute Gasteiger partial charge is 0.406 e. The summed E-state index contributed by atoms with van der Waals surface area (Å²) in [5.41, 5.74) is 8.10. The first-order chi connectivity index (χ1) is 15.6. The SMILES string of the molecule is CCc1ccc(S(=O)(=O)c2cc(C3CNCCC3N)c3cc(OC(F)(F)F)ccc3n2)cc1. The Morgan fingerprint density at radius 3 is 2.52 bits per heavy atom. The second-order valence-corrected chi connectivity index (χ2v) is 9.94. The van der Waals surface area contributed by atoms with Crippen molar-refractivity contribution < 1.29 is 26.3 Å². The van der Waals surface area contributed by atoms with Crippen molar-refractivity contribution in [1.29, 1.82) is 0 Å². The summed E-state index contributed by atoms with van der Waals surface area (Å²) in [5.74, 6) is -0.706. The number of aromatic nitrogens is 1. The van der Waals surface area contributed by atoms with E-state index in [0.717, 1.165) is 18.1 Å². The van der Waals surface area contributed by atoms with Gasteiger partial charge in [-0.2, -0.15) is 0 Å². The van der Waals surface area contributed by atoms with Crippen molar-refractivity contribution in [3.05, 3.63) is 59.7 Å². The summed E-state index contributed by atoms with van der Waals surface area (Å²) in [6, 6.07) is 11.4. The highest BCUT2D eigenvalue weighted by Gasteiger charge is 2.32. The third kappa shape index (κ3) is 4.97. The quantitative estimate of drug-likeness (QED) is 0.576. The summed E-state index contributed by atoms with van der Waals surface area (Å²) < 4.78 is 69.1. The molecule has 2 aromatic carbocycles. The third-order valence-electron chi connectivity index (χ3n) is 5.87.